The number of hydrogen-bond donors (Lipinski definition) is 0. The third kappa shape index (κ3) is 2.43. The Balaban J connectivity index is 1.86. The van der Waals surface area contributed by atoms with Crippen molar-refractivity contribution in [3.8, 4) is 5.75 Å². The van der Waals surface area contributed by atoms with E-state index < -0.39 is 0 Å². The molecule has 0 N–H and O–H groups in total. The molecule has 4 aromatic rings. The molecule has 0 unspecified atom stereocenters. The lowest BCUT2D eigenvalue weighted by atomic mass is 10.1. The van der Waals surface area contributed by atoms with Crippen LogP contribution in [0.25, 0.3) is 21.8 Å². The van der Waals surface area contributed by atoms with Gasteiger partial charge in [0, 0.05) is 23.5 Å². The lowest BCUT2D eigenvalue weighted by Crippen LogP contribution is -1.99. The van der Waals surface area contributed by atoms with Gasteiger partial charge in [-0.05, 0) is 29.8 Å². The second-order valence-electron chi connectivity index (χ2n) is 5.47. The molecule has 0 amide bonds. The predicted molar refractivity (Wildman–Crippen MR) is 94.3 cm³/mol. The maximum Gasteiger partial charge on any atom is 0.139 e. The van der Waals surface area contributed by atoms with Crippen LogP contribution in [-0.2, 0) is 6.54 Å². The first kappa shape index (κ1) is 14.1. The molecule has 2 aromatic carbocycles. The fourth-order valence-electron chi connectivity index (χ4n) is 2.94. The van der Waals surface area contributed by atoms with E-state index in [2.05, 4.69) is 33.9 Å². The quantitative estimate of drug-likeness (QED) is 0.502. The smallest absolute Gasteiger partial charge is 0.139 e. The van der Waals surface area contributed by atoms with E-state index in [1.807, 2.05) is 36.4 Å². The number of hydrogen-bond acceptors (Lipinski definition) is 2. The molecule has 23 heavy (non-hydrogen) atoms. The van der Waals surface area contributed by atoms with Crippen molar-refractivity contribution in [1.82, 2.24) is 9.55 Å². The van der Waals surface area contributed by atoms with Gasteiger partial charge in [0.2, 0.25) is 0 Å². The molecule has 0 bridgehead atoms. The first-order chi connectivity index (χ1) is 11.3. The minimum Gasteiger partial charge on any atom is -0.497 e. The summed E-state index contributed by atoms with van der Waals surface area (Å²) in [6.45, 7) is 0.776. The van der Waals surface area contributed by atoms with E-state index in [-0.39, 0.29) is 0 Å². The average Bonchev–Trinajstić information content (AvgIpc) is 3.00. The van der Waals surface area contributed by atoms with Crippen LogP contribution >= 0.6 is 11.6 Å². The molecule has 4 heteroatoms. The summed E-state index contributed by atoms with van der Waals surface area (Å²) in [5.74, 6) is 0.865. The largest absolute Gasteiger partial charge is 0.497 e. The van der Waals surface area contributed by atoms with Crippen LogP contribution in [0.3, 0.4) is 0 Å². The number of rotatable bonds is 3. The van der Waals surface area contributed by atoms with E-state index in [0.29, 0.717) is 5.15 Å². The Bertz CT molecular complexity index is 990. The summed E-state index contributed by atoms with van der Waals surface area (Å²) in [7, 11) is 1.68. The first-order valence-electron chi connectivity index (χ1n) is 7.42. The average molecular weight is 323 g/mol. The monoisotopic (exact) mass is 322 g/mol. The number of halogens is 1. The Labute approximate surface area is 139 Å². The van der Waals surface area contributed by atoms with Gasteiger partial charge in [-0.1, -0.05) is 41.9 Å². The summed E-state index contributed by atoms with van der Waals surface area (Å²) in [4.78, 5) is 4.48. The Morgan fingerprint density at radius 1 is 1.00 bits per heavy atom. The van der Waals surface area contributed by atoms with Gasteiger partial charge in [-0.2, -0.15) is 0 Å². The van der Waals surface area contributed by atoms with Crippen molar-refractivity contribution in [3.63, 3.8) is 0 Å². The minimum atomic E-state index is 0.548. The third-order valence-electron chi connectivity index (χ3n) is 4.08. The van der Waals surface area contributed by atoms with Gasteiger partial charge in [-0.15, -0.1) is 0 Å². The van der Waals surface area contributed by atoms with Gasteiger partial charge in [0.15, 0.2) is 0 Å². The van der Waals surface area contributed by atoms with Gasteiger partial charge >= 0.3 is 0 Å². The van der Waals surface area contributed by atoms with Crippen molar-refractivity contribution in [3.05, 3.63) is 71.5 Å². The van der Waals surface area contributed by atoms with Crippen molar-refractivity contribution in [1.29, 1.82) is 0 Å². The van der Waals surface area contributed by atoms with Gasteiger partial charge in [-0.3, -0.25) is 0 Å². The summed E-state index contributed by atoms with van der Waals surface area (Å²) < 4.78 is 7.43. The highest BCUT2D eigenvalue weighted by atomic mass is 35.5. The molecule has 0 aliphatic heterocycles. The van der Waals surface area contributed by atoms with E-state index in [0.717, 1.165) is 34.1 Å². The standard InChI is InChI=1S/C19H15ClN2O/c1-23-14-8-6-13(7-9-14)12-22-11-10-16-18(22)15-4-2-3-5-17(15)21-19(16)20/h2-11H,12H2,1H3. The van der Waals surface area contributed by atoms with Crippen molar-refractivity contribution in [2.75, 3.05) is 7.11 Å². The summed E-state index contributed by atoms with van der Waals surface area (Å²) in [5.41, 5.74) is 3.25. The normalized spacial score (nSPS) is 11.2. The van der Waals surface area contributed by atoms with Crippen LogP contribution in [0.15, 0.2) is 60.8 Å². The molecule has 114 valence electrons. The zero-order valence-corrected chi connectivity index (χ0v) is 13.4. The number of aromatic nitrogens is 2. The molecule has 0 fully saturated rings. The molecule has 0 aliphatic rings. The molecular weight excluding hydrogens is 308 g/mol. The van der Waals surface area contributed by atoms with E-state index in [1.54, 1.807) is 7.11 Å². The van der Waals surface area contributed by atoms with Gasteiger partial charge < -0.3 is 9.30 Å². The van der Waals surface area contributed by atoms with Crippen LogP contribution in [0.4, 0.5) is 0 Å². The molecular formula is C19H15ClN2O. The maximum atomic E-state index is 6.35. The Morgan fingerprint density at radius 2 is 1.78 bits per heavy atom. The van der Waals surface area contributed by atoms with E-state index >= 15 is 0 Å². The lowest BCUT2D eigenvalue weighted by Gasteiger charge is -2.09. The van der Waals surface area contributed by atoms with Crippen LogP contribution in [-0.4, -0.2) is 16.7 Å². The highest BCUT2D eigenvalue weighted by Gasteiger charge is 2.11. The van der Waals surface area contributed by atoms with Crippen LogP contribution in [0, 0.1) is 0 Å². The highest BCUT2D eigenvalue weighted by Crippen LogP contribution is 2.30. The Hall–Kier alpha value is -2.52. The number of para-hydroxylation sites is 1. The van der Waals surface area contributed by atoms with Gasteiger partial charge in [0.05, 0.1) is 18.1 Å². The number of fused-ring (bicyclic) bond motifs is 3. The molecule has 0 saturated heterocycles. The number of ether oxygens (including phenoxy) is 1. The topological polar surface area (TPSA) is 27.1 Å². The second kappa shape index (κ2) is 5.60. The Kier molecular flexibility index (Phi) is 3.43. The zero-order chi connectivity index (χ0) is 15.8. The minimum absolute atomic E-state index is 0.548. The molecule has 0 aliphatic carbocycles. The fraction of sp³-hybridized carbons (Fsp3) is 0.105. The van der Waals surface area contributed by atoms with Crippen LogP contribution in [0.2, 0.25) is 5.15 Å². The summed E-state index contributed by atoms with van der Waals surface area (Å²) in [5, 5.41) is 2.65. The Morgan fingerprint density at radius 3 is 2.57 bits per heavy atom. The SMILES string of the molecule is COc1ccc(Cn2ccc3c(Cl)nc4ccccc4c32)cc1. The summed E-state index contributed by atoms with van der Waals surface area (Å²) in [6.07, 6.45) is 2.06. The summed E-state index contributed by atoms with van der Waals surface area (Å²) >= 11 is 6.35. The van der Waals surface area contributed by atoms with Crippen LogP contribution in [0.1, 0.15) is 5.56 Å². The molecule has 2 aromatic heterocycles. The van der Waals surface area contributed by atoms with Crippen molar-refractivity contribution in [2.24, 2.45) is 0 Å². The predicted octanol–water partition coefficient (Wildman–Crippen LogP) is 4.90. The van der Waals surface area contributed by atoms with Crippen molar-refractivity contribution < 1.29 is 4.74 Å². The maximum absolute atomic E-state index is 6.35. The van der Waals surface area contributed by atoms with Gasteiger partial charge in [0.1, 0.15) is 10.9 Å². The molecule has 0 spiro atoms. The van der Waals surface area contributed by atoms with Crippen molar-refractivity contribution >= 4 is 33.4 Å². The van der Waals surface area contributed by atoms with E-state index in [4.69, 9.17) is 16.3 Å². The first-order valence-corrected chi connectivity index (χ1v) is 7.80. The lowest BCUT2D eigenvalue weighted by molar-refractivity contribution is 0.414. The second-order valence-corrected chi connectivity index (χ2v) is 5.83. The number of methoxy groups -OCH3 is 1. The van der Waals surface area contributed by atoms with Crippen molar-refractivity contribution in [2.45, 2.75) is 6.54 Å². The van der Waals surface area contributed by atoms with Crippen LogP contribution < -0.4 is 4.74 Å². The van der Waals surface area contributed by atoms with Gasteiger partial charge in [-0.25, -0.2) is 4.98 Å². The number of benzene rings is 2. The molecule has 0 radical (unpaired) electrons. The third-order valence-corrected chi connectivity index (χ3v) is 4.36. The molecule has 0 saturated carbocycles. The molecule has 4 rings (SSSR count). The van der Waals surface area contributed by atoms with Crippen LogP contribution in [0.5, 0.6) is 5.75 Å². The van der Waals surface area contributed by atoms with E-state index in [1.165, 1.54) is 5.56 Å². The number of nitrogens with zero attached hydrogens (tertiary/aromatic N) is 2. The van der Waals surface area contributed by atoms with Gasteiger partial charge in [0.25, 0.3) is 0 Å². The summed E-state index contributed by atoms with van der Waals surface area (Å²) in [6, 6.07) is 18.2. The highest BCUT2D eigenvalue weighted by molar-refractivity contribution is 6.35. The zero-order valence-electron chi connectivity index (χ0n) is 12.7. The van der Waals surface area contributed by atoms with E-state index in [9.17, 15) is 0 Å². The fourth-order valence-corrected chi connectivity index (χ4v) is 3.18. The molecule has 3 nitrogen and oxygen atoms in total. The molecule has 2 heterocycles. The molecule has 0 atom stereocenters. The number of pyridine rings is 1.